The van der Waals surface area contributed by atoms with Gasteiger partial charge in [0.15, 0.2) is 0 Å². The van der Waals surface area contributed by atoms with Crippen LogP contribution >= 0.6 is 0 Å². The molecule has 10 heteroatoms. The maximum absolute atomic E-state index is 13.1. The largest absolute Gasteiger partial charge is 0.384 e. The van der Waals surface area contributed by atoms with Gasteiger partial charge in [-0.05, 0) is 44.2 Å². The van der Waals surface area contributed by atoms with E-state index in [1.807, 2.05) is 0 Å². The summed E-state index contributed by atoms with van der Waals surface area (Å²) in [5, 5.41) is 16.8. The monoisotopic (exact) mass is 495 g/mol. The summed E-state index contributed by atoms with van der Waals surface area (Å²) in [6, 6.07) is 6.14. The third-order valence-electron chi connectivity index (χ3n) is 6.40. The third-order valence-corrected chi connectivity index (χ3v) is 6.40. The molecule has 2 heterocycles. The Morgan fingerprint density at radius 3 is 2.53 bits per heavy atom. The van der Waals surface area contributed by atoms with Gasteiger partial charge in [0, 0.05) is 38.0 Å². The van der Waals surface area contributed by atoms with Crippen LogP contribution in [0.25, 0.3) is 0 Å². The van der Waals surface area contributed by atoms with Gasteiger partial charge in [0.1, 0.15) is 6.04 Å². The van der Waals surface area contributed by atoms with Crippen molar-refractivity contribution in [1.29, 1.82) is 5.26 Å². The van der Waals surface area contributed by atoms with Gasteiger partial charge in [-0.25, -0.2) is 0 Å². The van der Waals surface area contributed by atoms with Crippen LogP contribution in [0.2, 0.25) is 0 Å². The molecule has 3 rings (SSSR count). The first-order valence-corrected chi connectivity index (χ1v) is 12.7. The molecule has 0 aromatic heterocycles. The van der Waals surface area contributed by atoms with Gasteiger partial charge in [-0.3, -0.25) is 34.2 Å². The van der Waals surface area contributed by atoms with Crippen LogP contribution in [-0.2, 0) is 14.4 Å². The van der Waals surface area contributed by atoms with E-state index in [0.717, 1.165) is 49.8 Å². The van der Waals surface area contributed by atoms with E-state index in [4.69, 9.17) is 5.26 Å². The SMILES string of the molecule is N#CCCCCNC(=O)CCCCCCCNc1cccc2c1C(=O)N(C1CCC(=O)NC1=O)C2=O. The van der Waals surface area contributed by atoms with Gasteiger partial charge in [0.05, 0.1) is 17.2 Å². The van der Waals surface area contributed by atoms with Crippen LogP contribution in [0.4, 0.5) is 5.69 Å². The number of hydrogen-bond donors (Lipinski definition) is 3. The molecular weight excluding hydrogens is 462 g/mol. The molecule has 3 N–H and O–H groups in total. The van der Waals surface area contributed by atoms with Crippen molar-refractivity contribution >= 4 is 35.2 Å². The molecule has 0 aliphatic carbocycles. The number of piperidine rings is 1. The number of imide groups is 2. The second-order valence-electron chi connectivity index (χ2n) is 9.09. The number of fused-ring (bicyclic) bond motifs is 1. The summed E-state index contributed by atoms with van der Waals surface area (Å²) in [6.45, 7) is 1.24. The zero-order valence-electron chi connectivity index (χ0n) is 20.4. The lowest BCUT2D eigenvalue weighted by Crippen LogP contribution is -2.54. The van der Waals surface area contributed by atoms with E-state index >= 15 is 0 Å². The summed E-state index contributed by atoms with van der Waals surface area (Å²) < 4.78 is 0. The highest BCUT2D eigenvalue weighted by atomic mass is 16.2. The summed E-state index contributed by atoms with van der Waals surface area (Å²) in [5.74, 6) is -2.00. The van der Waals surface area contributed by atoms with Gasteiger partial charge in [0.25, 0.3) is 11.8 Å². The number of carbonyl (C=O) groups is 5. The van der Waals surface area contributed by atoms with Gasteiger partial charge < -0.3 is 10.6 Å². The molecule has 2 aliphatic heterocycles. The van der Waals surface area contributed by atoms with E-state index in [-0.39, 0.29) is 29.9 Å². The number of rotatable bonds is 14. The maximum atomic E-state index is 13.1. The molecule has 1 aromatic carbocycles. The number of nitriles is 1. The Kier molecular flexibility index (Phi) is 9.98. The standard InChI is InChI=1S/C26H33N5O5/c27-15-6-4-8-17-29-21(32)12-5-2-1-3-7-16-28-19-11-9-10-18-23(19)26(36)31(25(18)35)20-13-14-22(33)30-24(20)34/h9-11,20,28H,1-8,12-14,16-17H2,(H,29,32)(H,30,33,34). The lowest BCUT2D eigenvalue weighted by Gasteiger charge is -2.27. The minimum absolute atomic E-state index is 0.0529. The number of hydrogen-bond acceptors (Lipinski definition) is 7. The fourth-order valence-electron chi connectivity index (χ4n) is 4.47. The highest BCUT2D eigenvalue weighted by Gasteiger charge is 2.45. The zero-order valence-corrected chi connectivity index (χ0v) is 20.4. The van der Waals surface area contributed by atoms with Crippen molar-refractivity contribution in [1.82, 2.24) is 15.5 Å². The lowest BCUT2D eigenvalue weighted by atomic mass is 10.0. The predicted molar refractivity (Wildman–Crippen MR) is 132 cm³/mol. The Labute approximate surface area is 210 Å². The summed E-state index contributed by atoms with van der Waals surface area (Å²) in [7, 11) is 0. The van der Waals surface area contributed by atoms with E-state index < -0.39 is 29.7 Å². The molecule has 192 valence electrons. The molecule has 0 radical (unpaired) electrons. The number of carbonyl (C=O) groups excluding carboxylic acids is 5. The quantitative estimate of drug-likeness (QED) is 0.265. The molecule has 1 aromatic rings. The van der Waals surface area contributed by atoms with Crippen LogP contribution in [0.15, 0.2) is 18.2 Å². The first-order valence-electron chi connectivity index (χ1n) is 12.7. The minimum Gasteiger partial charge on any atom is -0.384 e. The van der Waals surface area contributed by atoms with Gasteiger partial charge >= 0.3 is 0 Å². The average Bonchev–Trinajstić information content (AvgIpc) is 3.11. The number of amides is 5. The molecule has 36 heavy (non-hydrogen) atoms. The third kappa shape index (κ3) is 6.90. The maximum Gasteiger partial charge on any atom is 0.264 e. The van der Waals surface area contributed by atoms with Crippen molar-refractivity contribution in [3.05, 3.63) is 29.3 Å². The molecule has 1 fully saturated rings. The van der Waals surface area contributed by atoms with Crippen molar-refractivity contribution in [2.45, 2.75) is 76.7 Å². The summed E-state index contributed by atoms with van der Waals surface area (Å²) >= 11 is 0. The molecule has 5 amide bonds. The second-order valence-corrected chi connectivity index (χ2v) is 9.09. The van der Waals surface area contributed by atoms with E-state index in [9.17, 15) is 24.0 Å². The number of nitrogens with one attached hydrogen (secondary N) is 3. The summed E-state index contributed by atoms with van der Waals surface area (Å²) in [5.41, 5.74) is 1.09. The van der Waals surface area contributed by atoms with Crippen LogP contribution in [-0.4, -0.2) is 53.6 Å². The average molecular weight is 496 g/mol. The van der Waals surface area contributed by atoms with Gasteiger partial charge in [-0.2, -0.15) is 5.26 Å². The van der Waals surface area contributed by atoms with Crippen molar-refractivity contribution in [3.63, 3.8) is 0 Å². The molecular formula is C26H33N5O5. The molecule has 1 unspecified atom stereocenters. The molecule has 1 saturated heterocycles. The highest BCUT2D eigenvalue weighted by molar-refractivity contribution is 6.25. The topological polar surface area (TPSA) is 148 Å². The number of anilines is 1. The van der Waals surface area contributed by atoms with Crippen molar-refractivity contribution in [2.75, 3.05) is 18.4 Å². The predicted octanol–water partition coefficient (Wildman–Crippen LogP) is 2.65. The molecule has 1 atom stereocenters. The fourth-order valence-corrected chi connectivity index (χ4v) is 4.47. The molecule has 0 bridgehead atoms. The Morgan fingerprint density at radius 1 is 1.00 bits per heavy atom. The second kappa shape index (κ2) is 13.4. The van der Waals surface area contributed by atoms with Crippen LogP contribution in [0.5, 0.6) is 0 Å². The van der Waals surface area contributed by atoms with Crippen LogP contribution in [0, 0.1) is 11.3 Å². The van der Waals surface area contributed by atoms with Crippen LogP contribution < -0.4 is 16.0 Å². The zero-order chi connectivity index (χ0) is 25.9. The highest BCUT2D eigenvalue weighted by Crippen LogP contribution is 2.32. The Bertz CT molecular complexity index is 1050. The summed E-state index contributed by atoms with van der Waals surface area (Å²) in [6.07, 6.45) is 7.48. The Balaban J connectivity index is 1.37. The Hall–Kier alpha value is -3.74. The van der Waals surface area contributed by atoms with Crippen LogP contribution in [0.3, 0.4) is 0 Å². The Morgan fingerprint density at radius 2 is 1.75 bits per heavy atom. The molecule has 10 nitrogen and oxygen atoms in total. The number of nitrogens with zero attached hydrogens (tertiary/aromatic N) is 2. The number of benzene rings is 1. The van der Waals surface area contributed by atoms with E-state index in [2.05, 4.69) is 22.0 Å². The van der Waals surface area contributed by atoms with Gasteiger partial charge in [-0.15, -0.1) is 0 Å². The van der Waals surface area contributed by atoms with E-state index in [1.165, 1.54) is 0 Å². The molecule has 2 aliphatic rings. The van der Waals surface area contributed by atoms with Gasteiger partial charge in [0.2, 0.25) is 17.7 Å². The lowest BCUT2D eigenvalue weighted by molar-refractivity contribution is -0.136. The minimum atomic E-state index is -0.978. The molecule has 0 spiro atoms. The molecule has 0 saturated carbocycles. The summed E-state index contributed by atoms with van der Waals surface area (Å²) in [4.78, 5) is 62.4. The number of unbranched alkanes of at least 4 members (excludes halogenated alkanes) is 6. The van der Waals surface area contributed by atoms with Crippen molar-refractivity contribution in [2.24, 2.45) is 0 Å². The first-order chi connectivity index (χ1) is 17.4. The fraction of sp³-hybridized carbons (Fsp3) is 0.538. The normalized spacial score (nSPS) is 17.0. The first kappa shape index (κ1) is 26.9. The van der Waals surface area contributed by atoms with Crippen molar-refractivity contribution in [3.8, 4) is 6.07 Å². The van der Waals surface area contributed by atoms with Gasteiger partial charge in [-0.1, -0.05) is 25.3 Å². The van der Waals surface area contributed by atoms with Crippen molar-refractivity contribution < 1.29 is 24.0 Å². The smallest absolute Gasteiger partial charge is 0.264 e. The van der Waals surface area contributed by atoms with E-state index in [1.54, 1.807) is 18.2 Å². The van der Waals surface area contributed by atoms with E-state index in [0.29, 0.717) is 31.6 Å². The van der Waals surface area contributed by atoms with Crippen LogP contribution in [0.1, 0.15) is 91.3 Å².